The topological polar surface area (TPSA) is 116 Å². The zero-order chi connectivity index (χ0) is 24.0. The van der Waals surface area contributed by atoms with Crippen LogP contribution in [0.4, 0.5) is 0 Å². The van der Waals surface area contributed by atoms with E-state index in [2.05, 4.69) is 6.92 Å². The number of cyclic esters (lactones) is 2. The molecule has 6 saturated heterocycles. The predicted molar refractivity (Wildman–Crippen MR) is 109 cm³/mol. The van der Waals surface area contributed by atoms with Crippen molar-refractivity contribution in [3.63, 3.8) is 0 Å². The van der Waals surface area contributed by atoms with Crippen LogP contribution >= 0.6 is 0 Å². The van der Waals surface area contributed by atoms with E-state index < -0.39 is 73.7 Å². The molecule has 7 heterocycles. The van der Waals surface area contributed by atoms with Gasteiger partial charge in [-0.1, -0.05) is 13.8 Å². The quantitative estimate of drug-likeness (QED) is 0.409. The molecular formula is C25H28O9. The molecule has 0 aromatic rings. The molecule has 9 nitrogen and oxygen atoms in total. The summed E-state index contributed by atoms with van der Waals surface area (Å²) in [6, 6.07) is 0. The van der Waals surface area contributed by atoms with E-state index in [-0.39, 0.29) is 6.10 Å². The first-order chi connectivity index (χ1) is 15.7. The number of aliphatic hydroxyl groups is 1. The molecule has 3 aliphatic carbocycles. The van der Waals surface area contributed by atoms with Crippen molar-refractivity contribution >= 4 is 11.9 Å². The molecule has 11 unspecified atom stereocenters. The monoisotopic (exact) mass is 472 g/mol. The van der Waals surface area contributed by atoms with Crippen LogP contribution in [0.2, 0.25) is 0 Å². The van der Waals surface area contributed by atoms with Crippen LogP contribution in [0.5, 0.6) is 0 Å². The normalized spacial score (nSPS) is 70.3. The molecule has 7 aliphatic heterocycles. The number of epoxide rings is 2. The average molecular weight is 472 g/mol. The molecule has 0 aromatic heterocycles. The fourth-order valence-corrected chi connectivity index (χ4v) is 11.6. The number of ether oxygens (including phenoxy) is 6. The third-order valence-corrected chi connectivity index (χ3v) is 12.5. The summed E-state index contributed by atoms with van der Waals surface area (Å²) >= 11 is 0. The molecule has 34 heavy (non-hydrogen) atoms. The Kier molecular flexibility index (Phi) is 2.42. The lowest BCUT2D eigenvalue weighted by Crippen LogP contribution is -2.83. The number of carbonyl (C=O) groups is 2. The summed E-state index contributed by atoms with van der Waals surface area (Å²) in [7, 11) is 0. The van der Waals surface area contributed by atoms with Crippen LogP contribution in [0.15, 0.2) is 11.6 Å². The lowest BCUT2D eigenvalue weighted by atomic mass is 9.30. The summed E-state index contributed by atoms with van der Waals surface area (Å²) in [4.78, 5) is 27.2. The fourth-order valence-electron chi connectivity index (χ4n) is 11.6. The van der Waals surface area contributed by atoms with Crippen LogP contribution < -0.4 is 0 Å². The Hall–Kier alpha value is -1.52. The van der Waals surface area contributed by atoms with Gasteiger partial charge in [0, 0.05) is 11.5 Å². The van der Waals surface area contributed by atoms with Gasteiger partial charge in [-0.25, -0.2) is 4.79 Å². The van der Waals surface area contributed by atoms with Crippen molar-refractivity contribution in [1.29, 1.82) is 0 Å². The standard InChI is InChI=1S/C25H28O9/c1-11-24-23(15(27)30-11)17(4)8-13-22(31-13)12(7-14(26)32-16(22,2)3)20(17)9-18(5,21(23)10-29-21)25(24,28)34-19(20,6)33-24/h7,11,13,28H,8-10H2,1-6H3. The van der Waals surface area contributed by atoms with Gasteiger partial charge in [-0.15, -0.1) is 0 Å². The molecule has 11 atom stereocenters. The third-order valence-electron chi connectivity index (χ3n) is 12.5. The largest absolute Gasteiger partial charge is 0.459 e. The summed E-state index contributed by atoms with van der Waals surface area (Å²) in [6.45, 7) is 11.7. The molecule has 3 saturated carbocycles. The summed E-state index contributed by atoms with van der Waals surface area (Å²) in [5.41, 5.74) is -7.50. The highest BCUT2D eigenvalue weighted by molar-refractivity contribution is 5.92. The zero-order valence-electron chi connectivity index (χ0n) is 20.1. The summed E-state index contributed by atoms with van der Waals surface area (Å²) in [6.07, 6.45) is 1.48. The van der Waals surface area contributed by atoms with E-state index in [1.54, 1.807) is 13.0 Å². The predicted octanol–water partition coefficient (Wildman–Crippen LogP) is 1.11. The average Bonchev–Trinajstić information content (AvgIpc) is 3.59. The first-order valence-corrected chi connectivity index (χ1v) is 12.3. The highest BCUT2D eigenvalue weighted by Crippen LogP contribution is 2.99. The minimum atomic E-state index is -1.80. The van der Waals surface area contributed by atoms with Crippen LogP contribution in [0.25, 0.3) is 0 Å². The Morgan fingerprint density at radius 1 is 1.06 bits per heavy atom. The zero-order valence-corrected chi connectivity index (χ0v) is 20.1. The van der Waals surface area contributed by atoms with Gasteiger partial charge >= 0.3 is 11.9 Å². The van der Waals surface area contributed by atoms with Crippen molar-refractivity contribution in [2.75, 3.05) is 6.61 Å². The van der Waals surface area contributed by atoms with Crippen LogP contribution in [0, 0.1) is 21.7 Å². The van der Waals surface area contributed by atoms with Crippen molar-refractivity contribution in [3.8, 4) is 0 Å². The van der Waals surface area contributed by atoms with Crippen molar-refractivity contribution in [2.45, 2.75) is 101 Å². The maximum atomic E-state index is 14.2. The summed E-state index contributed by atoms with van der Waals surface area (Å²) in [5.74, 6) is -3.98. The molecule has 0 radical (unpaired) electrons. The Bertz CT molecular complexity index is 1250. The van der Waals surface area contributed by atoms with Gasteiger partial charge in [-0.05, 0) is 46.1 Å². The van der Waals surface area contributed by atoms with Gasteiger partial charge < -0.3 is 33.5 Å². The van der Waals surface area contributed by atoms with Gasteiger partial charge in [-0.2, -0.15) is 0 Å². The lowest BCUT2D eigenvalue weighted by Gasteiger charge is -2.74. The van der Waals surface area contributed by atoms with Crippen LogP contribution in [-0.4, -0.2) is 69.8 Å². The molecule has 6 bridgehead atoms. The molecule has 5 spiro atoms. The second-order valence-electron chi connectivity index (χ2n) is 13.2. The number of carbonyl (C=O) groups excluding carboxylic acids is 2. The molecule has 1 N–H and O–H groups in total. The molecule has 0 aromatic carbocycles. The number of rotatable bonds is 0. The van der Waals surface area contributed by atoms with E-state index in [4.69, 9.17) is 28.4 Å². The highest BCUT2D eigenvalue weighted by atomic mass is 16.8. The number of hydrogen-bond acceptors (Lipinski definition) is 9. The smallest absolute Gasteiger partial charge is 0.331 e. The second-order valence-corrected chi connectivity index (χ2v) is 13.2. The summed E-state index contributed by atoms with van der Waals surface area (Å²) < 4.78 is 38.2. The molecular weight excluding hydrogens is 444 g/mol. The van der Waals surface area contributed by atoms with E-state index in [1.807, 2.05) is 27.7 Å². The maximum absolute atomic E-state index is 14.2. The number of esters is 2. The van der Waals surface area contributed by atoms with Crippen molar-refractivity contribution < 1.29 is 43.1 Å². The highest BCUT2D eigenvalue weighted by Gasteiger charge is 3.13. The van der Waals surface area contributed by atoms with Gasteiger partial charge in [0.15, 0.2) is 17.0 Å². The Morgan fingerprint density at radius 3 is 2.44 bits per heavy atom. The molecule has 0 amide bonds. The Labute approximate surface area is 196 Å². The minimum Gasteiger partial charge on any atom is -0.459 e. The SMILES string of the molecule is CC1OC(=O)C23C4(C)CC5OC56C(=CC(=O)OC6(C)C)C45CC(C)(C4(O)OC5(C)OC142)C31CO1. The maximum Gasteiger partial charge on any atom is 0.331 e. The first kappa shape index (κ1) is 19.6. The molecule has 10 rings (SSSR count). The van der Waals surface area contributed by atoms with E-state index in [1.165, 1.54) is 0 Å². The van der Waals surface area contributed by atoms with E-state index >= 15 is 0 Å². The van der Waals surface area contributed by atoms with E-state index in [9.17, 15) is 14.7 Å². The van der Waals surface area contributed by atoms with E-state index in [0.29, 0.717) is 19.4 Å². The van der Waals surface area contributed by atoms with Crippen molar-refractivity contribution in [3.05, 3.63) is 11.6 Å². The van der Waals surface area contributed by atoms with Gasteiger partial charge in [-0.3, -0.25) is 4.79 Å². The molecule has 182 valence electrons. The fraction of sp³-hybridized carbons (Fsp3) is 0.840. The Morgan fingerprint density at radius 2 is 1.76 bits per heavy atom. The van der Waals surface area contributed by atoms with Crippen molar-refractivity contribution in [1.82, 2.24) is 0 Å². The number of hydrogen-bond donors (Lipinski definition) is 1. The van der Waals surface area contributed by atoms with Crippen molar-refractivity contribution in [2.24, 2.45) is 21.7 Å². The van der Waals surface area contributed by atoms with Gasteiger partial charge in [0.05, 0.1) is 23.5 Å². The molecule has 9 heteroatoms. The molecule has 10 aliphatic rings. The van der Waals surface area contributed by atoms with Gasteiger partial charge in [0.1, 0.15) is 22.7 Å². The molecule has 9 fully saturated rings. The minimum absolute atomic E-state index is 0.259. The van der Waals surface area contributed by atoms with Gasteiger partial charge in [0.25, 0.3) is 0 Å². The first-order valence-electron chi connectivity index (χ1n) is 12.3. The lowest BCUT2D eigenvalue weighted by molar-refractivity contribution is -0.415. The van der Waals surface area contributed by atoms with Crippen LogP contribution in [0.1, 0.15) is 54.4 Å². The third kappa shape index (κ3) is 1.12. The van der Waals surface area contributed by atoms with E-state index in [0.717, 1.165) is 5.57 Å². The van der Waals surface area contributed by atoms with Crippen LogP contribution in [-0.2, 0) is 38.0 Å². The summed E-state index contributed by atoms with van der Waals surface area (Å²) in [5, 5.41) is 12.5. The van der Waals surface area contributed by atoms with Crippen LogP contribution in [0.3, 0.4) is 0 Å². The second kappa shape index (κ2) is 4.20. The van der Waals surface area contributed by atoms with Gasteiger partial charge in [0.2, 0.25) is 5.79 Å². The Balaban J connectivity index is 1.48.